The molecule has 0 atom stereocenters. The minimum atomic E-state index is -0.605. The summed E-state index contributed by atoms with van der Waals surface area (Å²) >= 11 is 3.43. The van der Waals surface area contributed by atoms with Crippen molar-refractivity contribution in [1.82, 2.24) is 0 Å². The van der Waals surface area contributed by atoms with Gasteiger partial charge in [-0.3, -0.25) is 14.5 Å². The number of carbonyl (C=O) groups is 2. The minimum Gasteiger partial charge on any atom is -0.274 e. The molecule has 3 nitrogen and oxygen atoms in total. The van der Waals surface area contributed by atoms with E-state index in [9.17, 15) is 9.59 Å². The van der Waals surface area contributed by atoms with Crippen LogP contribution in [-0.4, -0.2) is 11.8 Å². The number of anilines is 1. The second-order valence-electron chi connectivity index (χ2n) is 5.77. The molecule has 3 rings (SSSR count). The van der Waals surface area contributed by atoms with E-state index >= 15 is 0 Å². The summed E-state index contributed by atoms with van der Waals surface area (Å²) in [6.07, 6.45) is 0.268. The van der Waals surface area contributed by atoms with Crippen LogP contribution in [0.5, 0.6) is 0 Å². The van der Waals surface area contributed by atoms with Gasteiger partial charge in [-0.05, 0) is 35.0 Å². The highest BCUT2D eigenvalue weighted by Gasteiger charge is 2.45. The number of carbonyl (C=O) groups excluding carboxylic acids is 2. The molecule has 2 aromatic carbocycles. The molecule has 0 saturated carbocycles. The minimum absolute atomic E-state index is 0.126. The number of nitrogens with zero attached hydrogens (tertiary/aromatic N) is 1. The molecular formula is C16H14BrNO2. The van der Waals surface area contributed by atoms with E-state index in [0.717, 1.165) is 15.2 Å². The predicted octanol–water partition coefficient (Wildman–Crippen LogP) is 3.89. The smallest absolute Gasteiger partial charge is 0.239 e. The summed E-state index contributed by atoms with van der Waals surface area (Å²) in [6, 6.07) is 11.6. The first-order chi connectivity index (χ1) is 9.38. The van der Waals surface area contributed by atoms with Crippen LogP contribution in [-0.2, 0) is 9.59 Å². The Kier molecular flexibility index (Phi) is 2.94. The summed E-state index contributed by atoms with van der Waals surface area (Å²) in [5.41, 5.74) is 0.0477. The average molecular weight is 332 g/mol. The van der Waals surface area contributed by atoms with Crippen LogP contribution in [0.1, 0.15) is 20.3 Å². The Bertz CT molecular complexity index is 736. The highest BCUT2D eigenvalue weighted by molar-refractivity contribution is 9.10. The van der Waals surface area contributed by atoms with E-state index in [1.165, 1.54) is 4.90 Å². The number of imide groups is 1. The number of rotatable bonds is 1. The highest BCUT2D eigenvalue weighted by atomic mass is 79.9. The van der Waals surface area contributed by atoms with Gasteiger partial charge in [-0.1, -0.05) is 41.9 Å². The van der Waals surface area contributed by atoms with Crippen molar-refractivity contribution < 1.29 is 9.59 Å². The molecule has 0 aliphatic carbocycles. The van der Waals surface area contributed by atoms with Gasteiger partial charge in [-0.2, -0.15) is 0 Å². The third-order valence-corrected chi connectivity index (χ3v) is 4.16. The van der Waals surface area contributed by atoms with Crippen molar-refractivity contribution in [2.45, 2.75) is 20.3 Å². The fraction of sp³-hybridized carbons (Fsp3) is 0.250. The lowest BCUT2D eigenvalue weighted by atomic mass is 9.92. The van der Waals surface area contributed by atoms with Crippen LogP contribution < -0.4 is 4.90 Å². The second kappa shape index (κ2) is 4.42. The lowest BCUT2D eigenvalue weighted by molar-refractivity contribution is -0.124. The molecule has 102 valence electrons. The van der Waals surface area contributed by atoms with Crippen LogP contribution in [0.2, 0.25) is 0 Å². The van der Waals surface area contributed by atoms with Gasteiger partial charge in [-0.15, -0.1) is 0 Å². The standard InChI is InChI=1S/C16H14BrNO2/c1-16(2)9-14(19)18(15(16)20)13-6-4-10-7-12(17)5-3-11(10)8-13/h3-8H,9H2,1-2H3. The van der Waals surface area contributed by atoms with Crippen LogP contribution in [0.25, 0.3) is 10.8 Å². The van der Waals surface area contributed by atoms with Crippen molar-refractivity contribution in [3.8, 4) is 0 Å². The first-order valence-electron chi connectivity index (χ1n) is 6.45. The quantitative estimate of drug-likeness (QED) is 0.743. The van der Waals surface area contributed by atoms with Crippen molar-refractivity contribution in [3.63, 3.8) is 0 Å². The van der Waals surface area contributed by atoms with E-state index in [2.05, 4.69) is 15.9 Å². The zero-order valence-electron chi connectivity index (χ0n) is 11.3. The van der Waals surface area contributed by atoms with Crippen LogP contribution in [0.4, 0.5) is 5.69 Å². The van der Waals surface area contributed by atoms with Crippen molar-refractivity contribution in [2.24, 2.45) is 5.41 Å². The fourth-order valence-corrected chi connectivity index (χ4v) is 2.93. The van der Waals surface area contributed by atoms with Gasteiger partial charge in [-0.25, -0.2) is 0 Å². The largest absolute Gasteiger partial charge is 0.274 e. The number of hydrogen-bond donors (Lipinski definition) is 0. The Morgan fingerprint density at radius 2 is 1.70 bits per heavy atom. The molecule has 2 aromatic rings. The molecule has 1 saturated heterocycles. The van der Waals surface area contributed by atoms with Crippen molar-refractivity contribution in [3.05, 3.63) is 40.9 Å². The molecule has 0 spiro atoms. The van der Waals surface area contributed by atoms with Gasteiger partial charge in [0.2, 0.25) is 11.8 Å². The van der Waals surface area contributed by atoms with Crippen LogP contribution >= 0.6 is 15.9 Å². The molecule has 0 radical (unpaired) electrons. The Labute approximate surface area is 125 Å². The maximum atomic E-state index is 12.3. The van der Waals surface area contributed by atoms with Gasteiger partial charge < -0.3 is 0 Å². The van der Waals surface area contributed by atoms with Crippen LogP contribution in [0.15, 0.2) is 40.9 Å². The number of benzene rings is 2. The third kappa shape index (κ3) is 2.04. The summed E-state index contributed by atoms with van der Waals surface area (Å²) in [5.74, 6) is -0.254. The average Bonchev–Trinajstić information content (AvgIpc) is 2.58. The summed E-state index contributed by atoms with van der Waals surface area (Å²) in [7, 11) is 0. The topological polar surface area (TPSA) is 37.4 Å². The van der Waals surface area contributed by atoms with Crippen molar-refractivity contribution >= 4 is 44.2 Å². The van der Waals surface area contributed by atoms with Crippen molar-refractivity contribution in [1.29, 1.82) is 0 Å². The molecule has 0 N–H and O–H groups in total. The van der Waals surface area contributed by atoms with E-state index in [1.54, 1.807) is 0 Å². The van der Waals surface area contributed by atoms with Gasteiger partial charge in [0, 0.05) is 10.9 Å². The normalized spacial score (nSPS) is 18.1. The van der Waals surface area contributed by atoms with E-state index in [4.69, 9.17) is 0 Å². The van der Waals surface area contributed by atoms with E-state index in [-0.39, 0.29) is 18.2 Å². The van der Waals surface area contributed by atoms with Gasteiger partial charge in [0.25, 0.3) is 0 Å². The van der Waals surface area contributed by atoms with Gasteiger partial charge in [0.05, 0.1) is 11.1 Å². The first kappa shape index (κ1) is 13.3. The van der Waals surface area contributed by atoms with Gasteiger partial charge in [0.1, 0.15) is 0 Å². The summed E-state index contributed by atoms with van der Waals surface area (Å²) < 4.78 is 1.01. The molecule has 0 bridgehead atoms. The lowest BCUT2D eigenvalue weighted by Gasteiger charge is -2.18. The number of fused-ring (bicyclic) bond motifs is 1. The molecule has 20 heavy (non-hydrogen) atoms. The summed E-state index contributed by atoms with van der Waals surface area (Å²) in [4.78, 5) is 25.7. The first-order valence-corrected chi connectivity index (χ1v) is 7.24. The maximum Gasteiger partial charge on any atom is 0.239 e. The molecule has 1 heterocycles. The molecule has 1 aliphatic heterocycles. The lowest BCUT2D eigenvalue weighted by Crippen LogP contribution is -2.32. The van der Waals surface area contributed by atoms with Gasteiger partial charge in [0.15, 0.2) is 0 Å². The zero-order chi connectivity index (χ0) is 14.5. The van der Waals surface area contributed by atoms with E-state index < -0.39 is 5.41 Å². The number of halogens is 1. The maximum absolute atomic E-state index is 12.3. The zero-order valence-corrected chi connectivity index (χ0v) is 12.9. The Morgan fingerprint density at radius 1 is 1.05 bits per heavy atom. The molecule has 1 aliphatic rings. The van der Waals surface area contributed by atoms with Crippen LogP contribution in [0.3, 0.4) is 0 Å². The Morgan fingerprint density at radius 3 is 2.35 bits per heavy atom. The molecular weight excluding hydrogens is 318 g/mol. The van der Waals surface area contributed by atoms with Crippen molar-refractivity contribution in [2.75, 3.05) is 4.90 Å². The molecule has 4 heteroatoms. The Hall–Kier alpha value is -1.68. The monoisotopic (exact) mass is 331 g/mol. The van der Waals surface area contributed by atoms with Crippen LogP contribution in [0, 0.1) is 5.41 Å². The van der Waals surface area contributed by atoms with Gasteiger partial charge >= 0.3 is 0 Å². The highest BCUT2D eigenvalue weighted by Crippen LogP contribution is 2.36. The summed E-state index contributed by atoms with van der Waals surface area (Å²) in [5, 5.41) is 2.08. The molecule has 0 unspecified atom stereocenters. The SMILES string of the molecule is CC1(C)CC(=O)N(c2ccc3cc(Br)ccc3c2)C1=O. The predicted molar refractivity (Wildman–Crippen MR) is 82.5 cm³/mol. The Balaban J connectivity index is 2.09. The molecule has 0 aromatic heterocycles. The van der Waals surface area contributed by atoms with E-state index in [1.807, 2.05) is 50.2 Å². The molecule has 2 amide bonds. The van der Waals surface area contributed by atoms with E-state index in [0.29, 0.717) is 5.69 Å². The fourth-order valence-electron chi connectivity index (χ4n) is 2.55. The third-order valence-electron chi connectivity index (χ3n) is 3.67. The molecule has 1 fully saturated rings. The number of amides is 2. The summed E-state index contributed by atoms with van der Waals surface area (Å²) in [6.45, 7) is 3.62. The second-order valence-corrected chi connectivity index (χ2v) is 6.69. The number of hydrogen-bond acceptors (Lipinski definition) is 2.